The second-order valence-electron chi connectivity index (χ2n) is 5.44. The minimum atomic E-state index is -1.45. The molecule has 0 saturated heterocycles. The van der Waals surface area contributed by atoms with Crippen LogP contribution in [0.15, 0.2) is 35.9 Å². The van der Waals surface area contributed by atoms with Gasteiger partial charge in [0.2, 0.25) is 0 Å². The Kier molecular flexibility index (Phi) is 3.87. The molecule has 3 rings (SSSR count). The third-order valence-corrected chi connectivity index (χ3v) is 4.06. The maximum Gasteiger partial charge on any atom is 0.336 e. The molecule has 0 heterocycles. The summed E-state index contributed by atoms with van der Waals surface area (Å²) in [5.74, 6) is -1.45. The molecule has 130 valence electrons. The fourth-order valence-electron chi connectivity index (χ4n) is 3.01. The van der Waals surface area contributed by atoms with E-state index in [0.717, 1.165) is 24.3 Å². The minimum Gasteiger partial charge on any atom is -0.478 e. The van der Waals surface area contributed by atoms with E-state index in [-0.39, 0.29) is 33.5 Å². The molecule has 10 nitrogen and oxygen atoms in total. The van der Waals surface area contributed by atoms with Crippen LogP contribution in [-0.2, 0) is 0 Å². The molecule has 0 atom stereocenters. The van der Waals surface area contributed by atoms with Gasteiger partial charge < -0.3 is 5.11 Å². The van der Waals surface area contributed by atoms with Crippen molar-refractivity contribution in [3.05, 3.63) is 72.8 Å². The molecule has 0 unspecified atom stereocenters. The summed E-state index contributed by atoms with van der Waals surface area (Å²) in [4.78, 5) is 32.4. The first-order valence-corrected chi connectivity index (χ1v) is 7.20. The Hall–Kier alpha value is -4.57. The van der Waals surface area contributed by atoms with Crippen LogP contribution in [0.4, 0.5) is 11.4 Å². The lowest BCUT2D eigenvalue weighted by atomic mass is 9.96. The second kappa shape index (κ2) is 6.06. The molecular weight excluding hydrogens is 356 g/mol. The highest BCUT2D eigenvalue weighted by atomic mass is 16.6. The van der Waals surface area contributed by atoms with Gasteiger partial charge in [0.1, 0.15) is 17.7 Å². The van der Waals surface area contributed by atoms with Crippen LogP contribution in [0.25, 0.3) is 16.7 Å². The standard InChI is InChI=1S/C17H6N4O6/c18-6-8(7-19)15-12-3-9(20(24)25)1-2-11(12)16-13(15)4-10(21(26)27)5-14(16)17(22)23/h1-5H,(H,22,23). The number of carboxylic acids is 1. The minimum absolute atomic E-state index is 0.00445. The van der Waals surface area contributed by atoms with Gasteiger partial charge in [0.15, 0.2) is 0 Å². The largest absolute Gasteiger partial charge is 0.478 e. The summed E-state index contributed by atoms with van der Waals surface area (Å²) in [5, 5.41) is 50.3. The maximum absolute atomic E-state index is 11.7. The number of carboxylic acid groups (broad SMARTS) is 1. The third kappa shape index (κ3) is 2.54. The summed E-state index contributed by atoms with van der Waals surface area (Å²) in [5.41, 5.74) is -1.39. The van der Waals surface area contributed by atoms with E-state index in [0.29, 0.717) is 0 Å². The topological polar surface area (TPSA) is 171 Å². The van der Waals surface area contributed by atoms with Crippen molar-refractivity contribution in [3.8, 4) is 23.3 Å². The number of carbonyl (C=O) groups is 1. The van der Waals surface area contributed by atoms with Crippen molar-refractivity contribution < 1.29 is 19.7 Å². The number of nitrogens with zero attached hydrogens (tertiary/aromatic N) is 4. The Balaban J connectivity index is 2.53. The number of nitro groups is 2. The number of hydrogen-bond acceptors (Lipinski definition) is 7. The molecular formula is C17H6N4O6. The van der Waals surface area contributed by atoms with E-state index in [9.17, 15) is 40.7 Å². The second-order valence-corrected chi connectivity index (χ2v) is 5.44. The van der Waals surface area contributed by atoms with Crippen molar-refractivity contribution in [1.82, 2.24) is 0 Å². The number of aromatic carboxylic acids is 1. The summed E-state index contributed by atoms with van der Waals surface area (Å²) < 4.78 is 0. The number of non-ortho nitro benzene ring substituents is 2. The lowest BCUT2D eigenvalue weighted by molar-refractivity contribution is -0.385. The lowest BCUT2D eigenvalue weighted by Gasteiger charge is -2.06. The lowest BCUT2D eigenvalue weighted by Crippen LogP contribution is -2.02. The van der Waals surface area contributed by atoms with Crippen molar-refractivity contribution in [2.45, 2.75) is 0 Å². The predicted octanol–water partition coefficient (Wildman–Crippen LogP) is 3.03. The van der Waals surface area contributed by atoms with Crippen LogP contribution in [-0.4, -0.2) is 20.9 Å². The molecule has 27 heavy (non-hydrogen) atoms. The number of nitriles is 2. The Morgan fingerprint density at radius 1 is 0.926 bits per heavy atom. The molecule has 1 aliphatic rings. The van der Waals surface area contributed by atoms with E-state index in [1.54, 1.807) is 12.1 Å². The molecule has 0 fully saturated rings. The van der Waals surface area contributed by atoms with E-state index >= 15 is 0 Å². The summed E-state index contributed by atoms with van der Waals surface area (Å²) >= 11 is 0. The van der Waals surface area contributed by atoms with Crippen LogP contribution < -0.4 is 0 Å². The van der Waals surface area contributed by atoms with Gasteiger partial charge in [0, 0.05) is 35.4 Å². The average Bonchev–Trinajstić information content (AvgIpc) is 2.95. The van der Waals surface area contributed by atoms with E-state index in [2.05, 4.69) is 0 Å². The molecule has 0 saturated carbocycles. The molecule has 2 aromatic rings. The molecule has 0 radical (unpaired) electrons. The van der Waals surface area contributed by atoms with Crippen molar-refractivity contribution in [1.29, 1.82) is 10.5 Å². The zero-order valence-electron chi connectivity index (χ0n) is 13.2. The van der Waals surface area contributed by atoms with Crippen molar-refractivity contribution >= 4 is 22.9 Å². The van der Waals surface area contributed by atoms with Gasteiger partial charge in [-0.15, -0.1) is 0 Å². The van der Waals surface area contributed by atoms with Crippen molar-refractivity contribution in [2.24, 2.45) is 0 Å². The van der Waals surface area contributed by atoms with Gasteiger partial charge >= 0.3 is 5.97 Å². The Morgan fingerprint density at radius 2 is 1.52 bits per heavy atom. The molecule has 0 aliphatic heterocycles. The van der Waals surface area contributed by atoms with E-state index in [4.69, 9.17) is 0 Å². The van der Waals surface area contributed by atoms with Gasteiger partial charge in [0.05, 0.1) is 15.4 Å². The van der Waals surface area contributed by atoms with Gasteiger partial charge in [-0.3, -0.25) is 20.2 Å². The van der Waals surface area contributed by atoms with Crippen LogP contribution in [0.3, 0.4) is 0 Å². The number of allylic oxidation sites excluding steroid dienone is 1. The van der Waals surface area contributed by atoms with Crippen LogP contribution >= 0.6 is 0 Å². The number of fused-ring (bicyclic) bond motifs is 3. The molecule has 0 spiro atoms. The monoisotopic (exact) mass is 362 g/mol. The van der Waals surface area contributed by atoms with E-state index in [1.807, 2.05) is 0 Å². The number of benzene rings is 2. The highest BCUT2D eigenvalue weighted by Gasteiger charge is 2.34. The maximum atomic E-state index is 11.7. The highest BCUT2D eigenvalue weighted by Crippen LogP contribution is 2.49. The molecule has 10 heteroatoms. The summed E-state index contributed by atoms with van der Waals surface area (Å²) in [6, 6.07) is 8.78. The molecule has 1 N–H and O–H groups in total. The van der Waals surface area contributed by atoms with Crippen LogP contribution in [0.1, 0.15) is 21.5 Å². The van der Waals surface area contributed by atoms with Gasteiger partial charge in [0.25, 0.3) is 11.4 Å². The molecule has 0 aromatic heterocycles. The fourth-order valence-corrected chi connectivity index (χ4v) is 3.01. The average molecular weight is 362 g/mol. The SMILES string of the molecule is N#CC(C#N)=C1c2cc([N+](=O)[O-])ccc2-c2c(C(=O)O)cc([N+](=O)[O-])cc21. The number of hydrogen-bond donors (Lipinski definition) is 1. The Morgan fingerprint density at radius 3 is 2.04 bits per heavy atom. The summed E-state index contributed by atoms with van der Waals surface area (Å²) in [6.07, 6.45) is 0. The van der Waals surface area contributed by atoms with Gasteiger partial charge in [-0.05, 0) is 22.8 Å². The first-order valence-electron chi connectivity index (χ1n) is 7.20. The van der Waals surface area contributed by atoms with E-state index < -0.39 is 32.6 Å². The van der Waals surface area contributed by atoms with Gasteiger partial charge in [-0.2, -0.15) is 10.5 Å². The van der Waals surface area contributed by atoms with Gasteiger partial charge in [-0.25, -0.2) is 4.79 Å². The fraction of sp³-hybridized carbons (Fsp3) is 0. The van der Waals surface area contributed by atoms with E-state index in [1.165, 1.54) is 6.07 Å². The zero-order chi connectivity index (χ0) is 19.9. The zero-order valence-corrected chi connectivity index (χ0v) is 13.2. The molecule has 2 aromatic carbocycles. The molecule has 0 amide bonds. The molecule has 0 bridgehead atoms. The van der Waals surface area contributed by atoms with Crippen LogP contribution in [0.2, 0.25) is 0 Å². The quantitative estimate of drug-likeness (QED) is 0.420. The Labute approximate surface area is 150 Å². The van der Waals surface area contributed by atoms with Crippen molar-refractivity contribution in [2.75, 3.05) is 0 Å². The number of rotatable bonds is 3. The predicted molar refractivity (Wildman–Crippen MR) is 89.4 cm³/mol. The van der Waals surface area contributed by atoms with Crippen molar-refractivity contribution in [3.63, 3.8) is 0 Å². The van der Waals surface area contributed by atoms with Crippen LogP contribution in [0, 0.1) is 42.9 Å². The van der Waals surface area contributed by atoms with Crippen LogP contribution in [0.5, 0.6) is 0 Å². The summed E-state index contributed by atoms with van der Waals surface area (Å²) in [7, 11) is 0. The third-order valence-electron chi connectivity index (χ3n) is 4.06. The highest BCUT2D eigenvalue weighted by molar-refractivity contribution is 6.11. The first kappa shape index (κ1) is 17.3. The molecule has 1 aliphatic carbocycles. The number of nitro benzene ring substituents is 2. The normalized spacial score (nSPS) is 11.0. The summed E-state index contributed by atoms with van der Waals surface area (Å²) in [6.45, 7) is 0. The van der Waals surface area contributed by atoms with Gasteiger partial charge in [-0.1, -0.05) is 0 Å². The Bertz CT molecular complexity index is 1170. The smallest absolute Gasteiger partial charge is 0.336 e. The first-order chi connectivity index (χ1) is 12.8.